The second kappa shape index (κ2) is 9.00. The molecule has 1 amide bonds. The van der Waals surface area contributed by atoms with E-state index in [0.29, 0.717) is 11.1 Å². The van der Waals surface area contributed by atoms with Crippen LogP contribution < -0.4 is 4.74 Å². The first kappa shape index (κ1) is 21.4. The summed E-state index contributed by atoms with van der Waals surface area (Å²) in [6.07, 6.45) is -0.0328. The maximum absolute atomic E-state index is 12.9. The van der Waals surface area contributed by atoms with Gasteiger partial charge in [0.15, 0.2) is 11.5 Å². The van der Waals surface area contributed by atoms with Crippen LogP contribution in [0.3, 0.4) is 0 Å². The molecule has 158 valence electrons. The zero-order valence-corrected chi connectivity index (χ0v) is 17.2. The number of carbonyl (C=O) groups excluding carboxylic acids is 2. The molecule has 0 spiro atoms. The summed E-state index contributed by atoms with van der Waals surface area (Å²) in [5.74, 6) is -1.62. The fourth-order valence-corrected chi connectivity index (χ4v) is 3.47. The van der Waals surface area contributed by atoms with Gasteiger partial charge in [-0.3, -0.25) is 9.59 Å². The second-order valence-electron chi connectivity index (χ2n) is 7.21. The number of benzene rings is 2. The smallest absolute Gasteiger partial charge is 0.295 e. The number of ether oxygens (including phenoxy) is 2. The van der Waals surface area contributed by atoms with Crippen molar-refractivity contribution in [1.29, 1.82) is 0 Å². The maximum Gasteiger partial charge on any atom is 0.295 e. The number of aromatic hydroxyl groups is 1. The number of aliphatic hydroxyl groups is 1. The highest BCUT2D eigenvalue weighted by atomic mass is 16.5. The molecule has 1 atom stereocenters. The lowest BCUT2D eigenvalue weighted by Crippen LogP contribution is -2.33. The normalized spacial score (nSPS) is 18.3. The highest BCUT2D eigenvalue weighted by molar-refractivity contribution is 6.46. The molecule has 7 heteroatoms. The highest BCUT2D eigenvalue weighted by Crippen LogP contribution is 2.41. The van der Waals surface area contributed by atoms with Gasteiger partial charge in [0.2, 0.25) is 0 Å². The summed E-state index contributed by atoms with van der Waals surface area (Å²) in [7, 11) is 1.43. The Kier molecular flexibility index (Phi) is 6.42. The summed E-state index contributed by atoms with van der Waals surface area (Å²) >= 11 is 0. The van der Waals surface area contributed by atoms with E-state index in [1.54, 1.807) is 42.5 Å². The van der Waals surface area contributed by atoms with E-state index >= 15 is 0 Å². The Morgan fingerprint density at radius 3 is 2.43 bits per heavy atom. The minimum atomic E-state index is -0.863. The number of hydrogen-bond donors (Lipinski definition) is 2. The SMILES string of the molecule is COc1ccc(C2/C(=C(/O)c3ccccc3)C(=O)C(=O)N2CCOC(C)C)cc1O. The van der Waals surface area contributed by atoms with Crippen molar-refractivity contribution >= 4 is 17.4 Å². The first-order chi connectivity index (χ1) is 14.3. The van der Waals surface area contributed by atoms with Crippen molar-refractivity contribution in [1.82, 2.24) is 4.90 Å². The molecule has 2 N–H and O–H groups in total. The first-order valence-corrected chi connectivity index (χ1v) is 9.67. The van der Waals surface area contributed by atoms with E-state index in [1.165, 1.54) is 18.1 Å². The Morgan fingerprint density at radius 1 is 1.13 bits per heavy atom. The fraction of sp³-hybridized carbons (Fsp3) is 0.304. The zero-order chi connectivity index (χ0) is 21.8. The number of methoxy groups -OCH3 is 1. The molecule has 2 aromatic carbocycles. The Labute approximate surface area is 175 Å². The van der Waals surface area contributed by atoms with Gasteiger partial charge in [-0.05, 0) is 31.5 Å². The van der Waals surface area contributed by atoms with Gasteiger partial charge >= 0.3 is 0 Å². The van der Waals surface area contributed by atoms with Crippen molar-refractivity contribution in [3.63, 3.8) is 0 Å². The lowest BCUT2D eigenvalue weighted by atomic mass is 9.95. The van der Waals surface area contributed by atoms with E-state index in [9.17, 15) is 19.8 Å². The van der Waals surface area contributed by atoms with Gasteiger partial charge in [0.25, 0.3) is 11.7 Å². The zero-order valence-electron chi connectivity index (χ0n) is 17.2. The van der Waals surface area contributed by atoms with E-state index in [1.807, 2.05) is 13.8 Å². The summed E-state index contributed by atoms with van der Waals surface area (Å²) < 4.78 is 10.6. The van der Waals surface area contributed by atoms with Gasteiger partial charge in [0.1, 0.15) is 5.76 Å². The molecule has 2 aromatic rings. The van der Waals surface area contributed by atoms with E-state index in [0.717, 1.165) is 0 Å². The van der Waals surface area contributed by atoms with Gasteiger partial charge in [-0.15, -0.1) is 0 Å². The molecule has 0 aliphatic carbocycles. The monoisotopic (exact) mass is 411 g/mol. The standard InChI is InChI=1S/C23H25NO6/c1-14(2)30-12-11-24-20(16-9-10-18(29-3)17(25)13-16)19(22(27)23(24)28)21(26)15-7-5-4-6-8-15/h4-10,13-14,20,25-26H,11-12H2,1-3H3/b21-19-. The number of carbonyl (C=O) groups is 2. The third-order valence-electron chi connectivity index (χ3n) is 4.89. The predicted molar refractivity (Wildman–Crippen MR) is 111 cm³/mol. The average molecular weight is 411 g/mol. The largest absolute Gasteiger partial charge is 0.507 e. The maximum atomic E-state index is 12.9. The van der Waals surface area contributed by atoms with Gasteiger partial charge < -0.3 is 24.6 Å². The molecule has 1 aliphatic heterocycles. The number of nitrogens with zero attached hydrogens (tertiary/aromatic N) is 1. The molecule has 1 fully saturated rings. The third-order valence-corrected chi connectivity index (χ3v) is 4.89. The Balaban J connectivity index is 2.11. The minimum absolute atomic E-state index is 0.0275. The van der Waals surface area contributed by atoms with Crippen LogP contribution in [0.2, 0.25) is 0 Å². The second-order valence-corrected chi connectivity index (χ2v) is 7.21. The molecule has 1 heterocycles. The topological polar surface area (TPSA) is 96.3 Å². The Morgan fingerprint density at radius 2 is 1.83 bits per heavy atom. The molecule has 0 aromatic heterocycles. The van der Waals surface area contributed by atoms with Crippen molar-refractivity contribution in [2.45, 2.75) is 26.0 Å². The van der Waals surface area contributed by atoms with Gasteiger partial charge in [-0.1, -0.05) is 36.4 Å². The predicted octanol–water partition coefficient (Wildman–Crippen LogP) is 3.25. The molecule has 0 bridgehead atoms. The number of phenolic OH excluding ortho intramolecular Hbond substituents is 1. The Bertz CT molecular complexity index is 967. The number of aliphatic hydroxyl groups excluding tert-OH is 1. The van der Waals surface area contributed by atoms with Crippen LogP contribution in [0.5, 0.6) is 11.5 Å². The van der Waals surface area contributed by atoms with Crippen LogP contribution in [-0.4, -0.2) is 53.2 Å². The van der Waals surface area contributed by atoms with Crippen molar-refractivity contribution in [2.24, 2.45) is 0 Å². The molecular weight excluding hydrogens is 386 g/mol. The number of likely N-dealkylation sites (tertiary alicyclic amines) is 1. The first-order valence-electron chi connectivity index (χ1n) is 9.67. The summed E-state index contributed by atoms with van der Waals surface area (Å²) in [5, 5.41) is 21.1. The van der Waals surface area contributed by atoms with Gasteiger partial charge in [-0.2, -0.15) is 0 Å². The quantitative estimate of drug-likeness (QED) is 0.413. The van der Waals surface area contributed by atoms with Crippen molar-refractivity contribution in [3.05, 3.63) is 65.2 Å². The van der Waals surface area contributed by atoms with Crippen LogP contribution in [0.25, 0.3) is 5.76 Å². The molecular formula is C23H25NO6. The number of Topliss-reactive ketones (excluding diaryl/α,β-unsaturated/α-hetero) is 1. The van der Waals surface area contributed by atoms with E-state index in [2.05, 4.69) is 0 Å². The summed E-state index contributed by atoms with van der Waals surface area (Å²) in [4.78, 5) is 27.1. The summed E-state index contributed by atoms with van der Waals surface area (Å²) in [6, 6.07) is 12.4. The van der Waals surface area contributed by atoms with E-state index in [4.69, 9.17) is 9.47 Å². The van der Waals surface area contributed by atoms with Crippen LogP contribution in [0, 0.1) is 0 Å². The number of hydrogen-bond acceptors (Lipinski definition) is 6. The molecule has 0 saturated carbocycles. The van der Waals surface area contributed by atoms with Gasteiger partial charge in [0.05, 0.1) is 31.4 Å². The van der Waals surface area contributed by atoms with Crippen molar-refractivity contribution in [2.75, 3.05) is 20.3 Å². The molecule has 1 aliphatic rings. The van der Waals surface area contributed by atoms with Crippen LogP contribution >= 0.6 is 0 Å². The van der Waals surface area contributed by atoms with Gasteiger partial charge in [-0.25, -0.2) is 0 Å². The van der Waals surface area contributed by atoms with E-state index < -0.39 is 17.7 Å². The Hall–Kier alpha value is -3.32. The molecule has 7 nitrogen and oxygen atoms in total. The lowest BCUT2D eigenvalue weighted by molar-refractivity contribution is -0.140. The molecule has 1 saturated heterocycles. The molecule has 1 unspecified atom stereocenters. The number of phenols is 1. The number of rotatable bonds is 7. The van der Waals surface area contributed by atoms with Crippen molar-refractivity contribution < 1.29 is 29.3 Å². The number of ketones is 1. The van der Waals surface area contributed by atoms with Crippen LogP contribution in [0.4, 0.5) is 0 Å². The minimum Gasteiger partial charge on any atom is -0.507 e. The van der Waals surface area contributed by atoms with Crippen LogP contribution in [0.15, 0.2) is 54.1 Å². The highest BCUT2D eigenvalue weighted by Gasteiger charge is 2.46. The molecule has 30 heavy (non-hydrogen) atoms. The molecule has 0 radical (unpaired) electrons. The lowest BCUT2D eigenvalue weighted by Gasteiger charge is -2.26. The fourth-order valence-electron chi connectivity index (χ4n) is 3.47. The van der Waals surface area contributed by atoms with Crippen LogP contribution in [0.1, 0.15) is 31.0 Å². The third kappa shape index (κ3) is 4.16. The molecule has 3 rings (SSSR count). The summed E-state index contributed by atoms with van der Waals surface area (Å²) in [6.45, 7) is 4.14. The van der Waals surface area contributed by atoms with E-state index in [-0.39, 0.29) is 42.1 Å². The van der Waals surface area contributed by atoms with Crippen molar-refractivity contribution in [3.8, 4) is 11.5 Å². The van der Waals surface area contributed by atoms with Gasteiger partial charge in [0, 0.05) is 12.1 Å². The van der Waals surface area contributed by atoms with Crippen LogP contribution in [-0.2, 0) is 14.3 Å². The summed E-state index contributed by atoms with van der Waals surface area (Å²) in [5.41, 5.74) is 0.881. The average Bonchev–Trinajstić information content (AvgIpc) is 2.98. The number of amides is 1.